The summed E-state index contributed by atoms with van der Waals surface area (Å²) in [5.74, 6) is 0. The summed E-state index contributed by atoms with van der Waals surface area (Å²) in [6.45, 7) is 3.38. The SMILES string of the molecule is CCc1nn(C)cc1CNCc1c(Cl)ccc(Cl)c1Cl. The van der Waals surface area contributed by atoms with Crippen LogP contribution in [0.5, 0.6) is 0 Å². The fourth-order valence-corrected chi connectivity index (χ4v) is 2.76. The molecule has 0 aliphatic rings. The van der Waals surface area contributed by atoms with E-state index in [0.29, 0.717) is 21.6 Å². The number of halogens is 3. The van der Waals surface area contributed by atoms with E-state index in [1.807, 2.05) is 17.9 Å². The van der Waals surface area contributed by atoms with Crippen molar-refractivity contribution in [2.24, 2.45) is 7.05 Å². The fraction of sp³-hybridized carbons (Fsp3) is 0.357. The highest BCUT2D eigenvalue weighted by Gasteiger charge is 2.10. The van der Waals surface area contributed by atoms with Crippen LogP contribution in [0, 0.1) is 0 Å². The van der Waals surface area contributed by atoms with Gasteiger partial charge < -0.3 is 5.32 Å². The minimum Gasteiger partial charge on any atom is -0.308 e. The summed E-state index contributed by atoms with van der Waals surface area (Å²) in [7, 11) is 1.92. The van der Waals surface area contributed by atoms with Gasteiger partial charge in [-0.05, 0) is 18.6 Å². The van der Waals surface area contributed by atoms with Gasteiger partial charge in [-0.2, -0.15) is 5.10 Å². The Kier molecular flexibility index (Phi) is 5.33. The summed E-state index contributed by atoms with van der Waals surface area (Å²) < 4.78 is 1.83. The van der Waals surface area contributed by atoms with Crippen LogP contribution in [0.3, 0.4) is 0 Å². The molecule has 3 nitrogen and oxygen atoms in total. The number of nitrogens with zero attached hydrogens (tertiary/aromatic N) is 2. The normalized spacial score (nSPS) is 11.1. The minimum absolute atomic E-state index is 0.508. The molecule has 2 aromatic rings. The molecule has 0 amide bonds. The van der Waals surface area contributed by atoms with E-state index in [1.165, 1.54) is 5.56 Å². The van der Waals surface area contributed by atoms with Crippen LogP contribution in [-0.4, -0.2) is 9.78 Å². The van der Waals surface area contributed by atoms with Crippen molar-refractivity contribution in [3.05, 3.63) is 50.2 Å². The van der Waals surface area contributed by atoms with Gasteiger partial charge in [0, 0.05) is 42.5 Å². The van der Waals surface area contributed by atoms with Crippen molar-refractivity contribution in [3.8, 4) is 0 Å². The third-order valence-electron chi connectivity index (χ3n) is 3.08. The van der Waals surface area contributed by atoms with Crippen LogP contribution in [0.25, 0.3) is 0 Å². The highest BCUT2D eigenvalue weighted by Crippen LogP contribution is 2.31. The minimum atomic E-state index is 0.508. The first-order valence-electron chi connectivity index (χ1n) is 6.37. The van der Waals surface area contributed by atoms with Gasteiger partial charge in [-0.25, -0.2) is 0 Å². The number of rotatable bonds is 5. The van der Waals surface area contributed by atoms with Gasteiger partial charge in [0.1, 0.15) is 0 Å². The third kappa shape index (κ3) is 3.47. The van der Waals surface area contributed by atoms with Crippen LogP contribution in [0.2, 0.25) is 15.1 Å². The van der Waals surface area contributed by atoms with E-state index < -0.39 is 0 Å². The maximum absolute atomic E-state index is 6.17. The Morgan fingerprint density at radius 2 is 1.85 bits per heavy atom. The average molecular weight is 333 g/mol. The molecule has 108 valence electrons. The van der Waals surface area contributed by atoms with Crippen molar-refractivity contribution in [2.75, 3.05) is 0 Å². The van der Waals surface area contributed by atoms with Gasteiger partial charge in [0.2, 0.25) is 0 Å². The predicted octanol–water partition coefficient (Wildman–Crippen LogP) is 4.23. The van der Waals surface area contributed by atoms with Crippen molar-refractivity contribution >= 4 is 34.8 Å². The summed E-state index contributed by atoms with van der Waals surface area (Å²) in [5, 5.41) is 9.39. The molecular formula is C14H16Cl3N3. The van der Waals surface area contributed by atoms with Gasteiger partial charge in [0.25, 0.3) is 0 Å². The molecule has 1 N–H and O–H groups in total. The van der Waals surface area contributed by atoms with E-state index in [2.05, 4.69) is 17.3 Å². The molecule has 0 bridgehead atoms. The molecular weight excluding hydrogens is 317 g/mol. The van der Waals surface area contributed by atoms with Gasteiger partial charge >= 0.3 is 0 Å². The smallest absolute Gasteiger partial charge is 0.0666 e. The van der Waals surface area contributed by atoms with Crippen molar-refractivity contribution in [1.82, 2.24) is 15.1 Å². The quantitative estimate of drug-likeness (QED) is 0.830. The summed E-state index contributed by atoms with van der Waals surface area (Å²) >= 11 is 18.3. The van der Waals surface area contributed by atoms with Crippen LogP contribution < -0.4 is 5.32 Å². The van der Waals surface area contributed by atoms with E-state index in [-0.39, 0.29) is 0 Å². The van der Waals surface area contributed by atoms with Gasteiger partial charge in [-0.3, -0.25) is 4.68 Å². The lowest BCUT2D eigenvalue weighted by Gasteiger charge is -2.09. The van der Waals surface area contributed by atoms with Crippen molar-refractivity contribution in [3.63, 3.8) is 0 Å². The topological polar surface area (TPSA) is 29.9 Å². The van der Waals surface area contributed by atoms with Gasteiger partial charge in [0.15, 0.2) is 0 Å². The lowest BCUT2D eigenvalue weighted by molar-refractivity contribution is 0.688. The van der Waals surface area contributed by atoms with Gasteiger partial charge in [-0.15, -0.1) is 0 Å². The molecule has 0 radical (unpaired) electrons. The first-order valence-corrected chi connectivity index (χ1v) is 7.50. The molecule has 0 fully saturated rings. The van der Waals surface area contributed by atoms with E-state index in [9.17, 15) is 0 Å². The van der Waals surface area contributed by atoms with E-state index >= 15 is 0 Å². The highest BCUT2D eigenvalue weighted by molar-refractivity contribution is 6.44. The number of benzene rings is 1. The second kappa shape index (κ2) is 6.81. The zero-order valence-electron chi connectivity index (χ0n) is 11.4. The van der Waals surface area contributed by atoms with Gasteiger partial charge in [0.05, 0.1) is 15.7 Å². The summed E-state index contributed by atoms with van der Waals surface area (Å²) in [6, 6.07) is 3.46. The molecule has 0 saturated heterocycles. The van der Waals surface area contributed by atoms with Gasteiger partial charge in [-0.1, -0.05) is 41.7 Å². The molecule has 0 spiro atoms. The Balaban J connectivity index is 2.05. The van der Waals surface area contributed by atoms with E-state index in [0.717, 1.165) is 24.2 Å². The molecule has 0 aliphatic carbocycles. The standard InChI is InChI=1S/C14H16Cl3N3/c1-3-13-9(8-20(2)19-13)6-18-7-10-11(15)4-5-12(16)14(10)17/h4-5,8,18H,3,6-7H2,1-2H3. The number of hydrogen-bond donors (Lipinski definition) is 1. The fourth-order valence-electron chi connectivity index (χ4n) is 2.08. The van der Waals surface area contributed by atoms with Crippen molar-refractivity contribution < 1.29 is 0 Å². The van der Waals surface area contributed by atoms with Crippen LogP contribution in [0.15, 0.2) is 18.3 Å². The molecule has 0 saturated carbocycles. The largest absolute Gasteiger partial charge is 0.308 e. The average Bonchev–Trinajstić information content (AvgIpc) is 2.78. The maximum atomic E-state index is 6.17. The third-order valence-corrected chi connectivity index (χ3v) is 4.28. The molecule has 2 rings (SSSR count). The molecule has 1 heterocycles. The van der Waals surface area contributed by atoms with Crippen LogP contribution in [0.1, 0.15) is 23.7 Å². The Bertz CT molecular complexity index is 608. The van der Waals surface area contributed by atoms with E-state index in [4.69, 9.17) is 34.8 Å². The molecule has 0 atom stereocenters. The number of aromatic nitrogens is 2. The predicted molar refractivity (Wildman–Crippen MR) is 84.6 cm³/mol. The van der Waals surface area contributed by atoms with Crippen LogP contribution >= 0.6 is 34.8 Å². The second-order valence-electron chi connectivity index (χ2n) is 4.55. The summed E-state index contributed by atoms with van der Waals surface area (Å²) in [5.41, 5.74) is 3.11. The summed E-state index contributed by atoms with van der Waals surface area (Å²) in [4.78, 5) is 0. The molecule has 1 aromatic heterocycles. The van der Waals surface area contributed by atoms with Crippen molar-refractivity contribution in [1.29, 1.82) is 0 Å². The maximum Gasteiger partial charge on any atom is 0.0666 e. The number of nitrogens with one attached hydrogen (secondary N) is 1. The monoisotopic (exact) mass is 331 g/mol. The second-order valence-corrected chi connectivity index (χ2v) is 5.75. The Hall–Kier alpha value is -0.740. The highest BCUT2D eigenvalue weighted by atomic mass is 35.5. The molecule has 20 heavy (non-hydrogen) atoms. The molecule has 0 unspecified atom stereocenters. The summed E-state index contributed by atoms with van der Waals surface area (Å²) in [6.07, 6.45) is 2.93. The lowest BCUT2D eigenvalue weighted by atomic mass is 10.2. The van der Waals surface area contributed by atoms with Crippen molar-refractivity contribution in [2.45, 2.75) is 26.4 Å². The molecule has 1 aromatic carbocycles. The lowest BCUT2D eigenvalue weighted by Crippen LogP contribution is -2.14. The van der Waals surface area contributed by atoms with Crippen LogP contribution in [-0.2, 0) is 26.6 Å². The first-order chi connectivity index (χ1) is 9.52. The van der Waals surface area contributed by atoms with Crippen LogP contribution in [0.4, 0.5) is 0 Å². The Morgan fingerprint density at radius 1 is 1.15 bits per heavy atom. The van der Waals surface area contributed by atoms with E-state index in [1.54, 1.807) is 12.1 Å². The zero-order valence-corrected chi connectivity index (χ0v) is 13.6. The Labute approximate surface area is 133 Å². The molecule has 6 heteroatoms. The number of hydrogen-bond acceptors (Lipinski definition) is 2. The Morgan fingerprint density at radius 3 is 2.55 bits per heavy atom. The first kappa shape index (κ1) is 15.6. The molecule has 0 aliphatic heterocycles. The zero-order chi connectivity index (χ0) is 14.7. The number of aryl methyl sites for hydroxylation is 2.